The van der Waals surface area contributed by atoms with Crippen LogP contribution in [0.4, 0.5) is 4.79 Å². The van der Waals surface area contributed by atoms with Crippen molar-refractivity contribution in [1.82, 2.24) is 16.0 Å². The number of rotatable bonds is 7. The van der Waals surface area contributed by atoms with Crippen molar-refractivity contribution in [3.8, 4) is 0 Å². The Bertz CT molecular complexity index is 366. The number of alkyl carbamates (subject to hydrolysis) is 1. The predicted octanol–water partition coefficient (Wildman–Crippen LogP) is 3.26. The summed E-state index contributed by atoms with van der Waals surface area (Å²) < 4.78 is 5.28. The van der Waals surface area contributed by atoms with Gasteiger partial charge in [-0.3, -0.25) is 4.99 Å². The van der Waals surface area contributed by atoms with Crippen LogP contribution in [0.1, 0.15) is 61.3 Å². The Kier molecular flexibility index (Phi) is 12.5. The number of carbonyl (C=O) groups is 1. The fourth-order valence-corrected chi connectivity index (χ4v) is 1.62. The molecule has 0 heterocycles. The molecule has 0 spiro atoms. The number of unbranched alkanes of at least 4 members (excludes halogenated alkanes) is 1. The van der Waals surface area contributed by atoms with Gasteiger partial charge in [-0.25, -0.2) is 4.79 Å². The molecule has 0 bridgehead atoms. The van der Waals surface area contributed by atoms with E-state index >= 15 is 0 Å². The van der Waals surface area contributed by atoms with Crippen LogP contribution in [0.2, 0.25) is 0 Å². The number of hydrogen-bond donors (Lipinski definition) is 3. The molecule has 6 nitrogen and oxygen atoms in total. The Morgan fingerprint density at radius 1 is 1.09 bits per heavy atom. The molecule has 1 amide bonds. The lowest BCUT2D eigenvalue weighted by Gasteiger charge is -2.27. The Hall–Kier alpha value is -0.730. The molecule has 0 aliphatic rings. The molecule has 23 heavy (non-hydrogen) atoms. The monoisotopic (exact) mass is 442 g/mol. The summed E-state index contributed by atoms with van der Waals surface area (Å²) in [6, 6.07) is 0. The zero-order valence-electron chi connectivity index (χ0n) is 15.7. The van der Waals surface area contributed by atoms with Crippen LogP contribution in [0, 0.1) is 0 Å². The largest absolute Gasteiger partial charge is 0.444 e. The van der Waals surface area contributed by atoms with Crippen LogP contribution in [0.3, 0.4) is 0 Å². The summed E-state index contributed by atoms with van der Waals surface area (Å²) in [5.41, 5.74) is -0.977. The first kappa shape index (κ1) is 24.5. The summed E-state index contributed by atoms with van der Waals surface area (Å²) in [4.78, 5) is 16.4. The number of guanidine groups is 1. The highest BCUT2D eigenvalue weighted by atomic mass is 127. The summed E-state index contributed by atoms with van der Waals surface area (Å²) >= 11 is 0. The number of aliphatic imine (C=N–C) groups is 1. The first-order chi connectivity index (χ1) is 10.1. The third-order valence-corrected chi connectivity index (χ3v) is 2.64. The molecule has 0 aromatic carbocycles. The number of ether oxygens (including phenoxy) is 1. The van der Waals surface area contributed by atoms with Gasteiger partial charge in [-0.2, -0.15) is 0 Å². The third kappa shape index (κ3) is 14.6. The highest BCUT2D eigenvalue weighted by Crippen LogP contribution is 2.09. The van der Waals surface area contributed by atoms with Gasteiger partial charge < -0.3 is 20.7 Å². The lowest BCUT2D eigenvalue weighted by Crippen LogP contribution is -2.49. The first-order valence-corrected chi connectivity index (χ1v) is 8.13. The van der Waals surface area contributed by atoms with Crippen molar-refractivity contribution in [2.24, 2.45) is 4.99 Å². The van der Waals surface area contributed by atoms with E-state index in [2.05, 4.69) is 27.9 Å². The van der Waals surface area contributed by atoms with Crippen molar-refractivity contribution in [2.75, 3.05) is 19.6 Å². The molecule has 0 aromatic rings. The number of nitrogens with zero attached hydrogens (tertiary/aromatic N) is 1. The Morgan fingerprint density at radius 3 is 2.17 bits per heavy atom. The fraction of sp³-hybridized carbons (Fsp3) is 0.875. The van der Waals surface area contributed by atoms with Crippen LogP contribution < -0.4 is 16.0 Å². The summed E-state index contributed by atoms with van der Waals surface area (Å²) in [7, 11) is 0. The molecule has 0 unspecified atom stereocenters. The van der Waals surface area contributed by atoms with Gasteiger partial charge in [0.25, 0.3) is 0 Å². The van der Waals surface area contributed by atoms with Crippen LogP contribution in [0.5, 0.6) is 0 Å². The molecule has 7 heteroatoms. The average molecular weight is 442 g/mol. The molecule has 3 N–H and O–H groups in total. The molecular formula is C16H35IN4O2. The Balaban J connectivity index is 0. The molecule has 0 radical (unpaired) electrons. The lowest BCUT2D eigenvalue weighted by molar-refractivity contribution is 0.0476. The number of hydrogen-bond acceptors (Lipinski definition) is 3. The third-order valence-electron chi connectivity index (χ3n) is 2.64. The minimum Gasteiger partial charge on any atom is -0.444 e. The van der Waals surface area contributed by atoms with E-state index in [1.165, 1.54) is 0 Å². The average Bonchev–Trinajstić information content (AvgIpc) is 2.33. The normalized spacial score (nSPS) is 12.2. The number of halogens is 1. The van der Waals surface area contributed by atoms with Gasteiger partial charge in [-0.1, -0.05) is 13.3 Å². The van der Waals surface area contributed by atoms with Gasteiger partial charge in [0.2, 0.25) is 0 Å². The molecule has 0 rings (SSSR count). The highest BCUT2D eigenvalue weighted by Gasteiger charge is 2.24. The summed E-state index contributed by atoms with van der Waals surface area (Å²) in [5, 5.41) is 9.34. The van der Waals surface area contributed by atoms with E-state index in [9.17, 15) is 4.79 Å². The molecule has 138 valence electrons. The van der Waals surface area contributed by atoms with Crippen molar-refractivity contribution in [2.45, 2.75) is 72.4 Å². The van der Waals surface area contributed by atoms with E-state index in [4.69, 9.17) is 4.74 Å². The maximum Gasteiger partial charge on any atom is 0.408 e. The van der Waals surface area contributed by atoms with E-state index in [-0.39, 0.29) is 24.0 Å². The van der Waals surface area contributed by atoms with Gasteiger partial charge in [0, 0.05) is 13.1 Å². The molecular weight excluding hydrogens is 407 g/mol. The number of amides is 1. The van der Waals surface area contributed by atoms with Crippen molar-refractivity contribution in [1.29, 1.82) is 0 Å². The Morgan fingerprint density at radius 2 is 1.70 bits per heavy atom. The molecule has 0 fully saturated rings. The van der Waals surface area contributed by atoms with Crippen LogP contribution in [-0.4, -0.2) is 42.8 Å². The smallest absolute Gasteiger partial charge is 0.408 e. The van der Waals surface area contributed by atoms with Gasteiger partial charge in [-0.15, -0.1) is 24.0 Å². The number of carbonyl (C=O) groups excluding carboxylic acids is 1. The summed E-state index contributed by atoms with van der Waals surface area (Å²) in [6.07, 6.45) is 1.82. The van der Waals surface area contributed by atoms with Crippen molar-refractivity contribution >= 4 is 36.0 Å². The van der Waals surface area contributed by atoms with E-state index in [0.717, 1.165) is 31.9 Å². The summed E-state index contributed by atoms with van der Waals surface area (Å²) in [5.74, 6) is 0.773. The standard InChI is InChI=1S/C16H34N4O2.HI/c1-8-10-11-18-13(17-9-2)19-12-16(6,7)20-14(21)22-15(3,4)5;/h8-12H2,1-7H3,(H,20,21)(H2,17,18,19);1H. The van der Waals surface area contributed by atoms with Crippen LogP contribution in [-0.2, 0) is 4.74 Å². The second-order valence-corrected chi connectivity index (χ2v) is 6.99. The van der Waals surface area contributed by atoms with E-state index in [0.29, 0.717) is 6.54 Å². The first-order valence-electron chi connectivity index (χ1n) is 8.13. The highest BCUT2D eigenvalue weighted by molar-refractivity contribution is 14.0. The van der Waals surface area contributed by atoms with E-state index < -0.39 is 17.2 Å². The topological polar surface area (TPSA) is 74.8 Å². The van der Waals surface area contributed by atoms with Crippen molar-refractivity contribution in [3.05, 3.63) is 0 Å². The fourth-order valence-electron chi connectivity index (χ4n) is 1.62. The zero-order chi connectivity index (χ0) is 17.2. The van der Waals surface area contributed by atoms with Gasteiger partial charge in [0.1, 0.15) is 5.60 Å². The minimum absolute atomic E-state index is 0. The second kappa shape index (κ2) is 11.8. The van der Waals surface area contributed by atoms with Gasteiger partial charge in [0.05, 0.1) is 12.1 Å². The van der Waals surface area contributed by atoms with Crippen molar-refractivity contribution < 1.29 is 9.53 Å². The van der Waals surface area contributed by atoms with E-state index in [1.54, 1.807) is 0 Å². The SMILES string of the molecule is CCCCNC(=NCC(C)(C)NC(=O)OC(C)(C)C)NCC.I. The van der Waals surface area contributed by atoms with Crippen LogP contribution in [0.25, 0.3) is 0 Å². The van der Waals surface area contributed by atoms with Crippen LogP contribution >= 0.6 is 24.0 Å². The molecule has 0 aromatic heterocycles. The van der Waals surface area contributed by atoms with Crippen molar-refractivity contribution in [3.63, 3.8) is 0 Å². The zero-order valence-corrected chi connectivity index (χ0v) is 18.0. The maximum atomic E-state index is 11.8. The van der Waals surface area contributed by atoms with Gasteiger partial charge in [0.15, 0.2) is 5.96 Å². The lowest BCUT2D eigenvalue weighted by atomic mass is 10.1. The van der Waals surface area contributed by atoms with Crippen LogP contribution in [0.15, 0.2) is 4.99 Å². The molecule has 0 saturated carbocycles. The Labute approximate surface area is 158 Å². The number of nitrogens with one attached hydrogen (secondary N) is 3. The van der Waals surface area contributed by atoms with Gasteiger partial charge in [-0.05, 0) is 48.0 Å². The molecule has 0 aliphatic carbocycles. The minimum atomic E-state index is -0.500. The summed E-state index contributed by atoms with van der Waals surface area (Å²) in [6.45, 7) is 15.7. The van der Waals surface area contributed by atoms with E-state index in [1.807, 2.05) is 41.5 Å². The molecule has 0 atom stereocenters. The quantitative estimate of drug-likeness (QED) is 0.245. The predicted molar refractivity (Wildman–Crippen MR) is 108 cm³/mol. The second-order valence-electron chi connectivity index (χ2n) is 6.99. The molecule has 0 aliphatic heterocycles. The van der Waals surface area contributed by atoms with Gasteiger partial charge >= 0.3 is 6.09 Å². The molecule has 0 saturated heterocycles. The maximum absolute atomic E-state index is 11.8.